The maximum atomic E-state index is 12.3. The van der Waals surface area contributed by atoms with Gasteiger partial charge in [0.05, 0.1) is 5.02 Å². The SMILES string of the molecule is CCCc1ccc(C(=O)c2ccc(Br)cc2Cl)cc1. The van der Waals surface area contributed by atoms with Crippen LogP contribution in [0.1, 0.15) is 34.8 Å². The minimum absolute atomic E-state index is 0.0412. The molecule has 2 aromatic rings. The molecule has 0 atom stereocenters. The number of halogens is 2. The predicted molar refractivity (Wildman–Crippen MR) is 83.0 cm³/mol. The van der Waals surface area contributed by atoms with Crippen LogP contribution in [0.4, 0.5) is 0 Å². The van der Waals surface area contributed by atoms with Gasteiger partial charge in [-0.05, 0) is 30.2 Å². The predicted octanol–water partition coefficient (Wildman–Crippen LogP) is 5.29. The molecule has 1 nitrogen and oxygen atoms in total. The lowest BCUT2D eigenvalue weighted by Crippen LogP contribution is -2.02. The van der Waals surface area contributed by atoms with Crippen molar-refractivity contribution in [2.45, 2.75) is 19.8 Å². The Kier molecular flexibility index (Phi) is 4.78. The molecule has 0 amide bonds. The van der Waals surface area contributed by atoms with E-state index in [2.05, 4.69) is 22.9 Å². The fraction of sp³-hybridized carbons (Fsp3) is 0.188. The summed E-state index contributed by atoms with van der Waals surface area (Å²) in [5.41, 5.74) is 2.46. The highest BCUT2D eigenvalue weighted by molar-refractivity contribution is 9.10. The van der Waals surface area contributed by atoms with E-state index in [1.807, 2.05) is 30.3 Å². The van der Waals surface area contributed by atoms with Gasteiger partial charge >= 0.3 is 0 Å². The molecule has 3 heteroatoms. The lowest BCUT2D eigenvalue weighted by Gasteiger charge is -2.05. The summed E-state index contributed by atoms with van der Waals surface area (Å²) in [7, 11) is 0. The summed E-state index contributed by atoms with van der Waals surface area (Å²) in [6.07, 6.45) is 2.14. The summed E-state index contributed by atoms with van der Waals surface area (Å²) < 4.78 is 0.868. The van der Waals surface area contributed by atoms with E-state index in [-0.39, 0.29) is 5.78 Å². The highest BCUT2D eigenvalue weighted by Crippen LogP contribution is 2.24. The Labute approximate surface area is 126 Å². The molecule has 0 fully saturated rings. The molecule has 0 radical (unpaired) electrons. The number of carbonyl (C=O) groups excluding carboxylic acids is 1. The second kappa shape index (κ2) is 6.36. The monoisotopic (exact) mass is 336 g/mol. The number of hydrogen-bond acceptors (Lipinski definition) is 1. The molecule has 0 heterocycles. The first-order valence-electron chi connectivity index (χ1n) is 6.20. The van der Waals surface area contributed by atoms with Crippen molar-refractivity contribution >= 4 is 33.3 Å². The molecule has 2 rings (SSSR count). The second-order valence-corrected chi connectivity index (χ2v) is 5.72. The number of hydrogen-bond donors (Lipinski definition) is 0. The van der Waals surface area contributed by atoms with Crippen molar-refractivity contribution < 1.29 is 4.79 Å². The molecule has 0 saturated heterocycles. The maximum absolute atomic E-state index is 12.3. The van der Waals surface area contributed by atoms with Crippen molar-refractivity contribution in [1.82, 2.24) is 0 Å². The van der Waals surface area contributed by atoms with Gasteiger partial charge in [-0.3, -0.25) is 4.79 Å². The molecule has 0 aliphatic rings. The molecule has 98 valence electrons. The van der Waals surface area contributed by atoms with E-state index >= 15 is 0 Å². The van der Waals surface area contributed by atoms with Gasteiger partial charge in [-0.1, -0.05) is 65.1 Å². The molecule has 2 aromatic carbocycles. The average molecular weight is 338 g/mol. The highest BCUT2D eigenvalue weighted by atomic mass is 79.9. The van der Waals surface area contributed by atoms with E-state index in [0.717, 1.165) is 17.3 Å². The molecule has 0 bridgehead atoms. The van der Waals surface area contributed by atoms with Crippen molar-refractivity contribution in [1.29, 1.82) is 0 Å². The third kappa shape index (κ3) is 3.46. The first-order chi connectivity index (χ1) is 9.11. The molecule has 0 spiro atoms. The van der Waals surface area contributed by atoms with Gasteiger partial charge in [-0.15, -0.1) is 0 Å². The van der Waals surface area contributed by atoms with E-state index < -0.39 is 0 Å². The zero-order chi connectivity index (χ0) is 13.8. The van der Waals surface area contributed by atoms with Crippen LogP contribution >= 0.6 is 27.5 Å². The number of benzene rings is 2. The molecular formula is C16H14BrClO. The fourth-order valence-corrected chi connectivity index (χ4v) is 2.70. The molecule has 0 aliphatic heterocycles. The van der Waals surface area contributed by atoms with E-state index in [1.165, 1.54) is 5.56 Å². The molecule has 0 N–H and O–H groups in total. The van der Waals surface area contributed by atoms with Crippen LogP contribution in [0.5, 0.6) is 0 Å². The van der Waals surface area contributed by atoms with Gasteiger partial charge in [0.1, 0.15) is 0 Å². The molecule has 0 saturated carbocycles. The number of carbonyl (C=O) groups is 1. The zero-order valence-electron chi connectivity index (χ0n) is 10.6. The van der Waals surface area contributed by atoms with Gasteiger partial charge in [0.15, 0.2) is 5.78 Å². The van der Waals surface area contributed by atoms with Crippen molar-refractivity contribution in [3.05, 3.63) is 68.7 Å². The average Bonchev–Trinajstić information content (AvgIpc) is 2.39. The standard InChI is InChI=1S/C16H14BrClO/c1-2-3-11-4-6-12(7-5-11)16(19)14-9-8-13(17)10-15(14)18/h4-10H,2-3H2,1H3. The van der Waals surface area contributed by atoms with Crippen LogP contribution < -0.4 is 0 Å². The zero-order valence-corrected chi connectivity index (χ0v) is 13.0. The Morgan fingerprint density at radius 2 is 1.84 bits per heavy atom. The molecule has 0 unspecified atom stereocenters. The second-order valence-electron chi connectivity index (χ2n) is 4.40. The quantitative estimate of drug-likeness (QED) is 0.693. The largest absolute Gasteiger partial charge is 0.289 e. The van der Waals surface area contributed by atoms with Gasteiger partial charge in [0.25, 0.3) is 0 Å². The molecule has 0 aliphatic carbocycles. The van der Waals surface area contributed by atoms with Crippen molar-refractivity contribution in [2.75, 3.05) is 0 Å². The van der Waals surface area contributed by atoms with Crippen molar-refractivity contribution in [2.24, 2.45) is 0 Å². The summed E-state index contributed by atoms with van der Waals surface area (Å²) >= 11 is 9.44. The summed E-state index contributed by atoms with van der Waals surface area (Å²) in [5.74, 6) is -0.0412. The lowest BCUT2D eigenvalue weighted by molar-refractivity contribution is 0.103. The van der Waals surface area contributed by atoms with Crippen molar-refractivity contribution in [3.8, 4) is 0 Å². The van der Waals surface area contributed by atoms with Gasteiger partial charge < -0.3 is 0 Å². The summed E-state index contributed by atoms with van der Waals surface area (Å²) in [4.78, 5) is 12.3. The Morgan fingerprint density at radius 1 is 1.16 bits per heavy atom. The maximum Gasteiger partial charge on any atom is 0.194 e. The van der Waals surface area contributed by atoms with Crippen LogP contribution in [0.15, 0.2) is 46.9 Å². The Hall–Kier alpha value is -1.12. The number of aryl methyl sites for hydroxylation is 1. The molecular weight excluding hydrogens is 324 g/mol. The van der Waals surface area contributed by atoms with Crippen LogP contribution in [-0.2, 0) is 6.42 Å². The van der Waals surface area contributed by atoms with E-state index in [9.17, 15) is 4.79 Å². The van der Waals surface area contributed by atoms with Gasteiger partial charge in [0.2, 0.25) is 0 Å². The smallest absolute Gasteiger partial charge is 0.194 e. The molecule has 19 heavy (non-hydrogen) atoms. The van der Waals surface area contributed by atoms with Gasteiger partial charge in [-0.25, -0.2) is 0 Å². The van der Waals surface area contributed by atoms with E-state index in [4.69, 9.17) is 11.6 Å². The third-order valence-corrected chi connectivity index (χ3v) is 3.74. The van der Waals surface area contributed by atoms with Crippen LogP contribution in [0.25, 0.3) is 0 Å². The first kappa shape index (κ1) is 14.3. The summed E-state index contributed by atoms with van der Waals surface area (Å²) in [6, 6.07) is 13.0. The Balaban J connectivity index is 2.28. The fourth-order valence-electron chi connectivity index (χ4n) is 1.94. The van der Waals surface area contributed by atoms with E-state index in [1.54, 1.807) is 12.1 Å². The van der Waals surface area contributed by atoms with Crippen LogP contribution in [0.3, 0.4) is 0 Å². The van der Waals surface area contributed by atoms with E-state index in [0.29, 0.717) is 16.1 Å². The van der Waals surface area contributed by atoms with Crippen LogP contribution in [-0.4, -0.2) is 5.78 Å². The third-order valence-electron chi connectivity index (χ3n) is 2.93. The normalized spacial score (nSPS) is 10.5. The lowest BCUT2D eigenvalue weighted by atomic mass is 10.0. The first-order valence-corrected chi connectivity index (χ1v) is 7.37. The number of rotatable bonds is 4. The minimum Gasteiger partial charge on any atom is -0.289 e. The minimum atomic E-state index is -0.0412. The Bertz CT molecular complexity index is 590. The van der Waals surface area contributed by atoms with Crippen LogP contribution in [0.2, 0.25) is 5.02 Å². The van der Waals surface area contributed by atoms with Gasteiger partial charge in [0, 0.05) is 15.6 Å². The summed E-state index contributed by atoms with van der Waals surface area (Å²) in [6.45, 7) is 2.14. The topological polar surface area (TPSA) is 17.1 Å². The van der Waals surface area contributed by atoms with Crippen LogP contribution in [0, 0.1) is 0 Å². The van der Waals surface area contributed by atoms with Crippen molar-refractivity contribution in [3.63, 3.8) is 0 Å². The number of ketones is 1. The summed E-state index contributed by atoms with van der Waals surface area (Å²) in [5, 5.41) is 0.469. The van der Waals surface area contributed by atoms with Gasteiger partial charge in [-0.2, -0.15) is 0 Å². The Morgan fingerprint density at radius 3 is 2.42 bits per heavy atom. The highest BCUT2D eigenvalue weighted by Gasteiger charge is 2.12. The molecule has 0 aromatic heterocycles.